The molecule has 4 nitrogen and oxygen atoms in total. The first-order valence-corrected chi connectivity index (χ1v) is 7.57. The van der Waals surface area contributed by atoms with Crippen LogP contribution < -0.4 is 4.52 Å². The van der Waals surface area contributed by atoms with Gasteiger partial charge in [-0.25, -0.2) is 0 Å². The molecule has 0 spiro atoms. The van der Waals surface area contributed by atoms with Crippen LogP contribution in [-0.4, -0.2) is 14.2 Å². The zero-order valence-corrected chi connectivity index (χ0v) is 12.2. The second kappa shape index (κ2) is 6.01. The van der Waals surface area contributed by atoms with Crippen LogP contribution in [0.25, 0.3) is 0 Å². The molecule has 0 aromatic heterocycles. The van der Waals surface area contributed by atoms with Crippen LogP contribution in [0, 0.1) is 11.3 Å². The minimum atomic E-state index is -2.87. The van der Waals surface area contributed by atoms with Crippen LogP contribution in [0.4, 0.5) is 0 Å². The van der Waals surface area contributed by atoms with Crippen molar-refractivity contribution in [1.29, 1.82) is 5.26 Å². The average Bonchev–Trinajstić information content (AvgIpc) is 2.33. The normalized spacial score (nSPS) is 11.0. The van der Waals surface area contributed by atoms with Crippen LogP contribution in [0.15, 0.2) is 12.1 Å². The van der Waals surface area contributed by atoms with Gasteiger partial charge in [-0.15, -0.1) is 0 Å². The van der Waals surface area contributed by atoms with Crippen molar-refractivity contribution in [3.05, 3.63) is 27.7 Å². The van der Waals surface area contributed by atoms with Crippen LogP contribution in [0.3, 0.4) is 0 Å². The highest BCUT2D eigenvalue weighted by atomic mass is 35.5. The third-order valence-corrected chi connectivity index (χ3v) is 4.84. The second-order valence-corrected chi connectivity index (χ2v) is 6.74. The fourth-order valence-corrected chi connectivity index (χ4v) is 2.34. The van der Waals surface area contributed by atoms with E-state index < -0.39 is 6.72 Å². The Hall–Kier alpha value is -0.340. The van der Waals surface area contributed by atoms with Gasteiger partial charge in [0.1, 0.15) is 11.8 Å². The van der Waals surface area contributed by atoms with Crippen molar-refractivity contribution in [3.63, 3.8) is 0 Å². The molecule has 0 atom stereocenters. The van der Waals surface area contributed by atoms with Crippen molar-refractivity contribution in [1.82, 2.24) is 0 Å². The average molecular weight is 312 g/mol. The van der Waals surface area contributed by atoms with Gasteiger partial charge in [0.25, 0.3) is 0 Å². The molecule has 0 saturated carbocycles. The summed E-state index contributed by atoms with van der Waals surface area (Å²) in [5.41, 5.74) is 0.257. The van der Waals surface area contributed by atoms with Gasteiger partial charge >= 0.3 is 6.72 Å². The summed E-state index contributed by atoms with van der Waals surface area (Å²) in [7, 11) is 2.76. The summed E-state index contributed by atoms with van der Waals surface area (Å²) in [4.78, 5) is 0. The van der Waals surface area contributed by atoms with Crippen molar-refractivity contribution < 1.29 is 13.6 Å². The standard InChI is InChI=1S/C9H8Cl2NO3PS/c1-13-16(17,14-2)15-9-4-7(10)6(5-12)3-8(9)11/h3-4H,1-2H3. The molecule has 0 saturated heterocycles. The fraction of sp³-hybridized carbons (Fsp3) is 0.222. The Morgan fingerprint density at radius 2 is 1.82 bits per heavy atom. The van der Waals surface area contributed by atoms with Crippen LogP contribution in [0.2, 0.25) is 10.0 Å². The highest BCUT2D eigenvalue weighted by molar-refractivity contribution is 8.07. The lowest BCUT2D eigenvalue weighted by Crippen LogP contribution is -1.97. The van der Waals surface area contributed by atoms with Crippen LogP contribution >= 0.6 is 29.9 Å². The van der Waals surface area contributed by atoms with E-state index in [2.05, 4.69) is 0 Å². The van der Waals surface area contributed by atoms with Gasteiger partial charge in [0.15, 0.2) is 0 Å². The number of hydrogen-bond acceptors (Lipinski definition) is 5. The molecule has 8 heteroatoms. The minimum Gasteiger partial charge on any atom is -0.422 e. The van der Waals surface area contributed by atoms with Crippen molar-refractivity contribution in [2.45, 2.75) is 0 Å². The fourth-order valence-electron chi connectivity index (χ4n) is 0.954. The molecule has 0 N–H and O–H groups in total. The molecule has 0 radical (unpaired) electrons. The Morgan fingerprint density at radius 3 is 2.29 bits per heavy atom. The quantitative estimate of drug-likeness (QED) is 0.792. The molecule has 0 aliphatic rings. The summed E-state index contributed by atoms with van der Waals surface area (Å²) in [6.07, 6.45) is 0. The first kappa shape index (κ1) is 14.7. The van der Waals surface area contributed by atoms with Gasteiger partial charge in [-0.1, -0.05) is 23.2 Å². The second-order valence-electron chi connectivity index (χ2n) is 2.78. The van der Waals surface area contributed by atoms with Crippen LogP contribution in [0.1, 0.15) is 5.56 Å². The maximum Gasteiger partial charge on any atom is 0.380 e. The number of nitrogens with zero attached hydrogens (tertiary/aromatic N) is 1. The van der Waals surface area contributed by atoms with Gasteiger partial charge in [0.2, 0.25) is 0 Å². The van der Waals surface area contributed by atoms with E-state index in [-0.39, 0.29) is 21.4 Å². The highest BCUT2D eigenvalue weighted by Crippen LogP contribution is 2.50. The topological polar surface area (TPSA) is 51.5 Å². The molecule has 0 aliphatic carbocycles. The van der Waals surface area contributed by atoms with E-state index in [0.29, 0.717) is 0 Å². The third-order valence-electron chi connectivity index (χ3n) is 1.80. The summed E-state index contributed by atoms with van der Waals surface area (Å²) >= 11 is 16.8. The molecule has 0 fully saturated rings. The SMILES string of the molecule is COP(=S)(OC)Oc1cc(Cl)c(C#N)cc1Cl. The van der Waals surface area contributed by atoms with E-state index in [4.69, 9.17) is 53.8 Å². The van der Waals surface area contributed by atoms with Gasteiger partial charge in [0, 0.05) is 32.1 Å². The molecule has 0 amide bonds. The number of rotatable bonds is 4. The summed E-state index contributed by atoms with van der Waals surface area (Å²) < 4.78 is 15.3. The number of nitriles is 1. The van der Waals surface area contributed by atoms with E-state index in [0.717, 1.165) is 0 Å². The highest BCUT2D eigenvalue weighted by Gasteiger charge is 2.21. The zero-order chi connectivity index (χ0) is 13.1. The predicted molar refractivity (Wildman–Crippen MR) is 70.1 cm³/mol. The molecule has 0 heterocycles. The van der Waals surface area contributed by atoms with Crippen LogP contribution in [-0.2, 0) is 20.9 Å². The predicted octanol–water partition coefficient (Wildman–Crippen LogP) is 3.76. The summed E-state index contributed by atoms with van der Waals surface area (Å²) in [6, 6.07) is 4.70. The Balaban J connectivity index is 3.13. The molecule has 92 valence electrons. The molecular weight excluding hydrogens is 304 g/mol. The molecular formula is C9H8Cl2NO3PS. The van der Waals surface area contributed by atoms with Gasteiger partial charge in [-0.05, 0) is 6.07 Å². The Morgan fingerprint density at radius 1 is 1.24 bits per heavy atom. The monoisotopic (exact) mass is 311 g/mol. The van der Waals surface area contributed by atoms with Gasteiger partial charge in [-0.3, -0.25) is 0 Å². The van der Waals surface area contributed by atoms with E-state index >= 15 is 0 Å². The number of hydrogen-bond donors (Lipinski definition) is 0. The largest absolute Gasteiger partial charge is 0.422 e. The van der Waals surface area contributed by atoms with E-state index in [1.165, 1.54) is 26.4 Å². The molecule has 1 aromatic carbocycles. The molecule has 0 aliphatic heterocycles. The maximum atomic E-state index is 8.76. The summed E-state index contributed by atoms with van der Waals surface area (Å²) in [6.45, 7) is -2.87. The van der Waals surface area contributed by atoms with Gasteiger partial charge in [0.05, 0.1) is 15.6 Å². The Labute approximate surface area is 114 Å². The molecule has 17 heavy (non-hydrogen) atoms. The van der Waals surface area contributed by atoms with Crippen molar-refractivity contribution >= 4 is 41.7 Å². The minimum absolute atomic E-state index is 0.217. The zero-order valence-electron chi connectivity index (χ0n) is 8.94. The third kappa shape index (κ3) is 3.56. The lowest BCUT2D eigenvalue weighted by atomic mass is 10.2. The lowest BCUT2D eigenvalue weighted by molar-refractivity contribution is 0.273. The first-order valence-electron chi connectivity index (χ1n) is 4.26. The van der Waals surface area contributed by atoms with Crippen molar-refractivity contribution in [2.75, 3.05) is 14.2 Å². The Bertz CT molecular complexity index is 510. The molecule has 1 rings (SSSR count). The smallest absolute Gasteiger partial charge is 0.380 e. The number of halogens is 2. The van der Waals surface area contributed by atoms with Crippen LogP contribution in [0.5, 0.6) is 5.75 Å². The van der Waals surface area contributed by atoms with Crippen molar-refractivity contribution in [3.8, 4) is 11.8 Å². The summed E-state index contributed by atoms with van der Waals surface area (Å²) in [5.74, 6) is 0.225. The first-order chi connectivity index (χ1) is 7.95. The lowest BCUT2D eigenvalue weighted by Gasteiger charge is -2.19. The van der Waals surface area contributed by atoms with E-state index in [1.54, 1.807) is 0 Å². The maximum absolute atomic E-state index is 8.76. The Kier molecular flexibility index (Phi) is 5.21. The van der Waals surface area contributed by atoms with Gasteiger partial charge < -0.3 is 13.6 Å². The molecule has 0 bridgehead atoms. The van der Waals surface area contributed by atoms with Crippen molar-refractivity contribution in [2.24, 2.45) is 0 Å². The van der Waals surface area contributed by atoms with E-state index in [9.17, 15) is 0 Å². The van der Waals surface area contributed by atoms with E-state index in [1.807, 2.05) is 6.07 Å². The molecule has 0 unspecified atom stereocenters. The van der Waals surface area contributed by atoms with Gasteiger partial charge in [-0.2, -0.15) is 5.26 Å². The summed E-state index contributed by atoms with van der Waals surface area (Å²) in [5, 5.41) is 9.20. The molecule has 1 aromatic rings. The number of benzene rings is 1.